The molecule has 0 heterocycles. The van der Waals surface area contributed by atoms with E-state index < -0.39 is 11.9 Å². The molecule has 0 saturated carbocycles. The molecule has 0 atom stereocenters. The molecule has 0 radical (unpaired) electrons. The highest BCUT2D eigenvalue weighted by Crippen LogP contribution is 2.21. The van der Waals surface area contributed by atoms with Gasteiger partial charge in [0.1, 0.15) is 5.75 Å². The molecule has 6 heteroatoms. The Balaban J connectivity index is 2.43. The zero-order valence-electron chi connectivity index (χ0n) is 12.6. The molecule has 6 nitrogen and oxygen atoms in total. The van der Waals surface area contributed by atoms with Gasteiger partial charge >= 0.3 is 11.9 Å². The topological polar surface area (TPSA) is 85.2 Å². The van der Waals surface area contributed by atoms with E-state index in [-0.39, 0.29) is 16.9 Å². The SMILES string of the molecule is COC(=O)c1cc(N=Cc2ccccc2O)cc(C(=O)OC)c1. The first kappa shape index (κ1) is 16.2. The molecule has 0 aromatic heterocycles. The first-order valence-electron chi connectivity index (χ1n) is 6.69. The Bertz CT molecular complexity index is 733. The van der Waals surface area contributed by atoms with Crippen molar-refractivity contribution >= 4 is 23.8 Å². The number of hydrogen-bond donors (Lipinski definition) is 1. The molecule has 0 saturated heterocycles. The zero-order valence-corrected chi connectivity index (χ0v) is 12.6. The number of nitrogens with zero attached hydrogens (tertiary/aromatic N) is 1. The lowest BCUT2D eigenvalue weighted by Crippen LogP contribution is -2.06. The molecule has 2 aromatic rings. The maximum atomic E-state index is 11.7. The molecule has 0 fully saturated rings. The van der Waals surface area contributed by atoms with Crippen LogP contribution >= 0.6 is 0 Å². The average Bonchev–Trinajstić information content (AvgIpc) is 2.59. The van der Waals surface area contributed by atoms with Crippen LogP contribution in [0.3, 0.4) is 0 Å². The number of para-hydroxylation sites is 1. The fraction of sp³-hybridized carbons (Fsp3) is 0.118. The number of esters is 2. The molecule has 0 aliphatic heterocycles. The minimum absolute atomic E-state index is 0.0774. The third-order valence-corrected chi connectivity index (χ3v) is 3.05. The summed E-state index contributed by atoms with van der Waals surface area (Å²) in [4.78, 5) is 27.6. The maximum Gasteiger partial charge on any atom is 0.337 e. The third kappa shape index (κ3) is 3.94. The first-order chi connectivity index (χ1) is 11.0. The van der Waals surface area contributed by atoms with Crippen molar-refractivity contribution in [3.05, 3.63) is 59.2 Å². The Morgan fingerprint density at radius 1 is 1.00 bits per heavy atom. The number of hydrogen-bond acceptors (Lipinski definition) is 6. The number of rotatable bonds is 4. The van der Waals surface area contributed by atoms with Crippen molar-refractivity contribution in [1.82, 2.24) is 0 Å². The second-order valence-electron chi connectivity index (χ2n) is 4.57. The number of ether oxygens (including phenoxy) is 2. The van der Waals surface area contributed by atoms with Crippen LogP contribution in [0.5, 0.6) is 5.75 Å². The Kier molecular flexibility index (Phi) is 5.09. The normalized spacial score (nSPS) is 10.5. The Hall–Kier alpha value is -3.15. The van der Waals surface area contributed by atoms with E-state index in [0.717, 1.165) is 0 Å². The van der Waals surface area contributed by atoms with E-state index in [1.54, 1.807) is 18.2 Å². The molecule has 23 heavy (non-hydrogen) atoms. The summed E-state index contributed by atoms with van der Waals surface area (Å²) in [6.07, 6.45) is 1.44. The highest BCUT2D eigenvalue weighted by molar-refractivity contribution is 5.97. The summed E-state index contributed by atoms with van der Waals surface area (Å²) in [6.45, 7) is 0. The van der Waals surface area contributed by atoms with Crippen molar-refractivity contribution in [2.45, 2.75) is 0 Å². The Morgan fingerprint density at radius 2 is 1.57 bits per heavy atom. The van der Waals surface area contributed by atoms with Crippen molar-refractivity contribution in [1.29, 1.82) is 0 Å². The summed E-state index contributed by atoms with van der Waals surface area (Å²) in [5.74, 6) is -1.10. The van der Waals surface area contributed by atoms with Crippen LogP contribution < -0.4 is 0 Å². The van der Waals surface area contributed by atoms with Gasteiger partial charge in [0.15, 0.2) is 0 Å². The second kappa shape index (κ2) is 7.22. The van der Waals surface area contributed by atoms with Gasteiger partial charge in [-0.1, -0.05) is 12.1 Å². The summed E-state index contributed by atoms with van der Waals surface area (Å²) in [5.41, 5.74) is 1.23. The van der Waals surface area contributed by atoms with E-state index in [2.05, 4.69) is 14.5 Å². The molecular weight excluding hydrogens is 298 g/mol. The van der Waals surface area contributed by atoms with Crippen molar-refractivity contribution in [2.75, 3.05) is 14.2 Å². The minimum atomic E-state index is -0.588. The molecule has 0 aliphatic rings. The fourth-order valence-corrected chi connectivity index (χ4v) is 1.90. The molecule has 0 aliphatic carbocycles. The first-order valence-corrected chi connectivity index (χ1v) is 6.69. The smallest absolute Gasteiger partial charge is 0.337 e. The van der Waals surface area contributed by atoms with Crippen LogP contribution in [-0.2, 0) is 9.47 Å². The highest BCUT2D eigenvalue weighted by Gasteiger charge is 2.13. The van der Waals surface area contributed by atoms with Crippen LogP contribution in [0.25, 0.3) is 0 Å². The molecule has 0 unspecified atom stereocenters. The van der Waals surface area contributed by atoms with E-state index in [1.807, 2.05) is 0 Å². The van der Waals surface area contributed by atoms with Crippen LogP contribution in [0.1, 0.15) is 26.3 Å². The highest BCUT2D eigenvalue weighted by atomic mass is 16.5. The van der Waals surface area contributed by atoms with E-state index >= 15 is 0 Å². The molecule has 0 amide bonds. The summed E-state index contributed by atoms with van der Waals surface area (Å²) in [5, 5.41) is 9.71. The lowest BCUT2D eigenvalue weighted by molar-refractivity contribution is 0.0599. The Labute approximate surface area is 133 Å². The van der Waals surface area contributed by atoms with E-state index in [0.29, 0.717) is 11.3 Å². The average molecular weight is 313 g/mol. The van der Waals surface area contributed by atoms with Crippen LogP contribution in [0.2, 0.25) is 0 Å². The summed E-state index contributed by atoms with van der Waals surface area (Å²) in [6, 6.07) is 11.0. The Morgan fingerprint density at radius 3 is 2.09 bits per heavy atom. The second-order valence-corrected chi connectivity index (χ2v) is 4.57. The van der Waals surface area contributed by atoms with Crippen molar-refractivity contribution in [3.8, 4) is 5.75 Å². The number of phenolic OH excluding ortho intramolecular Hbond substituents is 1. The van der Waals surface area contributed by atoms with Crippen LogP contribution in [-0.4, -0.2) is 37.5 Å². The molecule has 0 spiro atoms. The number of benzene rings is 2. The fourth-order valence-electron chi connectivity index (χ4n) is 1.90. The van der Waals surface area contributed by atoms with Gasteiger partial charge < -0.3 is 14.6 Å². The number of aliphatic imine (C=N–C) groups is 1. The van der Waals surface area contributed by atoms with Crippen LogP contribution in [0.15, 0.2) is 47.5 Å². The number of aromatic hydroxyl groups is 1. The van der Waals surface area contributed by atoms with Gasteiger partial charge in [-0.15, -0.1) is 0 Å². The number of phenols is 1. The van der Waals surface area contributed by atoms with Gasteiger partial charge in [-0.3, -0.25) is 4.99 Å². The largest absolute Gasteiger partial charge is 0.507 e. The lowest BCUT2D eigenvalue weighted by Gasteiger charge is -2.05. The molecule has 1 N–H and O–H groups in total. The summed E-state index contributed by atoms with van der Waals surface area (Å²) < 4.78 is 9.32. The minimum Gasteiger partial charge on any atom is -0.507 e. The lowest BCUT2D eigenvalue weighted by atomic mass is 10.1. The van der Waals surface area contributed by atoms with Gasteiger partial charge in [-0.25, -0.2) is 9.59 Å². The van der Waals surface area contributed by atoms with Crippen LogP contribution in [0, 0.1) is 0 Å². The zero-order chi connectivity index (χ0) is 16.8. The summed E-state index contributed by atoms with van der Waals surface area (Å²) >= 11 is 0. The monoisotopic (exact) mass is 313 g/mol. The number of carbonyl (C=O) groups is 2. The molecule has 0 bridgehead atoms. The predicted molar refractivity (Wildman–Crippen MR) is 84.5 cm³/mol. The molecular formula is C17H15NO5. The van der Waals surface area contributed by atoms with E-state index in [4.69, 9.17) is 0 Å². The summed E-state index contributed by atoms with van der Waals surface area (Å²) in [7, 11) is 2.50. The maximum absolute atomic E-state index is 11.7. The van der Waals surface area contributed by atoms with E-state index in [1.165, 1.54) is 44.7 Å². The van der Waals surface area contributed by atoms with Gasteiger partial charge in [0.05, 0.1) is 31.0 Å². The van der Waals surface area contributed by atoms with Crippen LogP contribution in [0.4, 0.5) is 5.69 Å². The van der Waals surface area contributed by atoms with Gasteiger partial charge in [-0.05, 0) is 30.3 Å². The van der Waals surface area contributed by atoms with Gasteiger partial charge in [0.25, 0.3) is 0 Å². The van der Waals surface area contributed by atoms with Crippen molar-refractivity contribution in [3.63, 3.8) is 0 Å². The quantitative estimate of drug-likeness (QED) is 0.693. The van der Waals surface area contributed by atoms with Gasteiger partial charge in [0, 0.05) is 11.8 Å². The number of methoxy groups -OCH3 is 2. The molecule has 118 valence electrons. The molecule has 2 rings (SSSR count). The predicted octanol–water partition coefficient (Wildman–Crippen LogP) is 2.72. The van der Waals surface area contributed by atoms with E-state index in [9.17, 15) is 14.7 Å². The standard InChI is InChI=1S/C17H15NO5/c1-22-16(20)12-7-13(17(21)23-2)9-14(8-12)18-10-11-5-3-4-6-15(11)19/h3-10,19H,1-2H3. The van der Waals surface area contributed by atoms with Gasteiger partial charge in [0.2, 0.25) is 0 Å². The van der Waals surface area contributed by atoms with Gasteiger partial charge in [-0.2, -0.15) is 0 Å². The molecule has 2 aromatic carbocycles. The van der Waals surface area contributed by atoms with Crippen molar-refractivity contribution < 1.29 is 24.2 Å². The third-order valence-electron chi connectivity index (χ3n) is 3.05. The van der Waals surface area contributed by atoms with Crippen molar-refractivity contribution in [2.24, 2.45) is 4.99 Å². The number of carbonyl (C=O) groups excluding carboxylic acids is 2.